The number of phenolic OH excluding ortho intramolecular Hbond substituents is 1. The van der Waals surface area contributed by atoms with E-state index in [4.69, 9.17) is 22.9 Å². The molecule has 0 saturated carbocycles. The van der Waals surface area contributed by atoms with E-state index in [-0.39, 0.29) is 62.8 Å². The van der Waals surface area contributed by atoms with Crippen LogP contribution in [0.1, 0.15) is 126 Å². The molecular formula is C59H96N16O18. The van der Waals surface area contributed by atoms with Gasteiger partial charge in [0.25, 0.3) is 0 Å². The molecule has 93 heavy (non-hydrogen) atoms. The normalized spacial score (nSPS) is 16.4. The van der Waals surface area contributed by atoms with Crippen molar-refractivity contribution in [2.24, 2.45) is 51.6 Å². The van der Waals surface area contributed by atoms with Gasteiger partial charge in [0.05, 0.1) is 19.6 Å². The molecule has 0 radical (unpaired) electrons. The first-order chi connectivity index (χ1) is 43.5. The largest absolute Gasteiger partial charge is 0.508 e. The Labute approximate surface area is 539 Å². The van der Waals surface area contributed by atoms with Gasteiger partial charge in [0.2, 0.25) is 70.9 Å². The number of likely N-dealkylation sites (tertiary alicyclic amines) is 1. The van der Waals surface area contributed by atoms with Gasteiger partial charge >= 0.3 is 11.9 Å². The van der Waals surface area contributed by atoms with Gasteiger partial charge < -0.3 is 101 Å². The maximum Gasteiger partial charge on any atom is 0.326 e. The fourth-order valence-corrected chi connectivity index (χ4v) is 9.57. The van der Waals surface area contributed by atoms with Gasteiger partial charge in [0.15, 0.2) is 5.96 Å². The number of rotatable bonds is 40. The number of guanidine groups is 1. The highest BCUT2D eigenvalue weighted by molar-refractivity contribution is 6.00. The van der Waals surface area contributed by atoms with E-state index in [1.807, 2.05) is 0 Å². The summed E-state index contributed by atoms with van der Waals surface area (Å²) in [5, 5.41) is 63.2. The molecule has 0 bridgehead atoms. The number of aliphatic hydroxyl groups excluding tert-OH is 1. The number of aliphatic hydroxyl groups is 1. The molecule has 0 unspecified atom stereocenters. The zero-order valence-corrected chi connectivity index (χ0v) is 54.1. The third kappa shape index (κ3) is 27.7. The molecule has 520 valence electrons. The number of nitrogens with two attached hydrogens (primary N) is 4. The summed E-state index contributed by atoms with van der Waals surface area (Å²) in [5.74, 6) is -15.9. The van der Waals surface area contributed by atoms with E-state index < -0.39 is 199 Å². The van der Waals surface area contributed by atoms with Crippen molar-refractivity contribution < 1.29 is 87.5 Å². The number of carboxylic acid groups (broad SMARTS) is 2. The Morgan fingerprint density at radius 1 is 0.613 bits per heavy atom. The zero-order chi connectivity index (χ0) is 70.6. The number of aliphatic imine (C=N–C) groups is 1. The molecule has 1 aromatic rings. The van der Waals surface area contributed by atoms with Crippen molar-refractivity contribution in [3.05, 3.63) is 29.8 Å². The molecule has 12 atom stereocenters. The Bertz CT molecular complexity index is 2820. The quantitative estimate of drug-likeness (QED) is 0.0166. The zero-order valence-electron chi connectivity index (χ0n) is 54.1. The number of nitrogens with one attached hydrogen (secondary N) is 10. The Morgan fingerprint density at radius 2 is 1.12 bits per heavy atom. The van der Waals surface area contributed by atoms with Crippen molar-refractivity contribution in [2.75, 3.05) is 26.2 Å². The number of amides is 12. The summed E-state index contributed by atoms with van der Waals surface area (Å²) in [4.78, 5) is 192. The van der Waals surface area contributed by atoms with Crippen LogP contribution >= 0.6 is 0 Å². The van der Waals surface area contributed by atoms with Crippen LogP contribution in [0.3, 0.4) is 0 Å². The number of carbonyl (C=O) groups is 14. The number of carboxylic acids is 2. The Kier molecular flexibility index (Phi) is 33.7. The Hall–Kier alpha value is -9.21. The molecular weight excluding hydrogens is 1220 g/mol. The number of nitrogens with zero attached hydrogens (tertiary/aromatic N) is 2. The average Bonchev–Trinajstić information content (AvgIpc) is 1.88. The molecule has 0 spiro atoms. The standard InChI is InChI=1S/C59H96N16O18/c1-10-31(8)47(74-56(90)46(30(6)7)73-55(89)45(29(4)5)72-51(85)37(19-20-44(80)81)67-49(83)35(60)27-76)57(91)68-36(13-11-21-64-59(62)63)50(84)66-32(9)48(82)65-26-43(79)75-22-12-14-41(75)54(88)70-38(24-33-15-17-34(77)18-16-33)52(86)69-39(25-42(61)78)53(87)71-40(58(92)93)23-28(2)3/h15-18,28-32,35-41,45-47,76-77H,10-14,19-27,60H2,1-9H3,(H2,61,78)(H,65,82)(H,66,84)(H,67,83)(H,68,91)(H,69,86)(H,70,88)(H,71,87)(H,72,85)(H,73,89)(H,74,90)(H,80,81)(H,92,93)(H4,62,63,64)/t31-,32-,35-,36-,37-,38-,39-,40-,41-,45-,46-,47-/m0/s1. The third-order valence-corrected chi connectivity index (χ3v) is 15.1. The first-order valence-electron chi connectivity index (χ1n) is 30.7. The number of benzene rings is 1. The summed E-state index contributed by atoms with van der Waals surface area (Å²) >= 11 is 0. The van der Waals surface area contributed by atoms with Gasteiger partial charge in [-0.1, -0.05) is 73.9 Å². The maximum absolute atomic E-state index is 14.3. The van der Waals surface area contributed by atoms with Gasteiger partial charge in [-0.3, -0.25) is 67.3 Å². The molecule has 1 heterocycles. The lowest BCUT2D eigenvalue weighted by molar-refractivity contribution is -0.143. The van der Waals surface area contributed by atoms with Crippen LogP contribution < -0.4 is 76.1 Å². The molecule has 1 saturated heterocycles. The monoisotopic (exact) mass is 1320 g/mol. The molecule has 1 fully saturated rings. The molecule has 34 nitrogen and oxygen atoms in total. The van der Waals surface area contributed by atoms with Gasteiger partial charge in [0.1, 0.15) is 72.2 Å². The number of hydrogen-bond donors (Lipinski definition) is 18. The third-order valence-electron chi connectivity index (χ3n) is 15.1. The number of hydrogen-bond acceptors (Lipinski definition) is 18. The van der Waals surface area contributed by atoms with Crippen LogP contribution in [0, 0.1) is 23.7 Å². The van der Waals surface area contributed by atoms with E-state index in [1.165, 1.54) is 36.1 Å². The number of carbonyl (C=O) groups excluding carboxylic acids is 12. The van der Waals surface area contributed by atoms with Crippen LogP contribution in [0.2, 0.25) is 0 Å². The fourth-order valence-electron chi connectivity index (χ4n) is 9.57. The van der Waals surface area contributed by atoms with Crippen LogP contribution in [-0.4, -0.2) is 207 Å². The second kappa shape index (κ2) is 39.2. The van der Waals surface area contributed by atoms with Crippen LogP contribution in [0.15, 0.2) is 29.3 Å². The molecule has 1 aromatic carbocycles. The van der Waals surface area contributed by atoms with Crippen molar-refractivity contribution in [1.82, 2.24) is 58.1 Å². The molecule has 12 amide bonds. The summed E-state index contributed by atoms with van der Waals surface area (Å²) in [6.45, 7) is 13.0. The Morgan fingerprint density at radius 3 is 1.65 bits per heavy atom. The molecule has 0 aromatic heterocycles. The Balaban J connectivity index is 2.31. The van der Waals surface area contributed by atoms with E-state index in [2.05, 4.69) is 58.2 Å². The van der Waals surface area contributed by atoms with Crippen LogP contribution in [0.4, 0.5) is 0 Å². The summed E-state index contributed by atoms with van der Waals surface area (Å²) in [6.07, 6.45) is -1.25. The minimum absolute atomic E-state index is 0.00189. The maximum atomic E-state index is 14.3. The average molecular weight is 1320 g/mol. The van der Waals surface area contributed by atoms with E-state index in [0.29, 0.717) is 18.4 Å². The predicted molar refractivity (Wildman–Crippen MR) is 334 cm³/mol. The second-order valence-corrected chi connectivity index (χ2v) is 24.0. The number of aliphatic carboxylic acids is 2. The molecule has 22 N–H and O–H groups in total. The van der Waals surface area contributed by atoms with Gasteiger partial charge in [-0.2, -0.15) is 0 Å². The SMILES string of the molecule is CC[C@H](C)[C@H](NC(=O)[C@@H](NC(=O)[C@@H](NC(=O)[C@H](CCC(=O)O)NC(=O)[C@@H](N)CO)C(C)C)C(C)C)C(=O)N[C@@H](CCCN=C(N)N)C(=O)N[C@@H](C)C(=O)NCC(=O)N1CCC[C@H]1C(=O)N[C@@H](Cc1ccc(O)cc1)C(=O)N[C@@H](CC(N)=O)C(=O)N[C@@H](CC(C)C)C(=O)O. The molecule has 1 aliphatic rings. The minimum Gasteiger partial charge on any atom is -0.508 e. The van der Waals surface area contributed by atoms with E-state index >= 15 is 0 Å². The van der Waals surface area contributed by atoms with Crippen molar-refractivity contribution >= 4 is 88.8 Å². The van der Waals surface area contributed by atoms with Gasteiger partial charge in [-0.05, 0) is 86.8 Å². The lowest BCUT2D eigenvalue weighted by atomic mass is 9.95. The van der Waals surface area contributed by atoms with E-state index in [0.717, 1.165) is 0 Å². The summed E-state index contributed by atoms with van der Waals surface area (Å²) in [5.41, 5.74) is 22.4. The highest BCUT2D eigenvalue weighted by atomic mass is 16.4. The first-order valence-corrected chi connectivity index (χ1v) is 30.7. The van der Waals surface area contributed by atoms with Crippen LogP contribution in [0.25, 0.3) is 0 Å². The van der Waals surface area contributed by atoms with Crippen LogP contribution in [0.5, 0.6) is 5.75 Å². The molecule has 2 rings (SSSR count). The van der Waals surface area contributed by atoms with Crippen molar-refractivity contribution in [1.29, 1.82) is 0 Å². The summed E-state index contributed by atoms with van der Waals surface area (Å²) < 4.78 is 0. The fraction of sp³-hybridized carbons (Fsp3) is 0.644. The van der Waals surface area contributed by atoms with Gasteiger partial charge in [0, 0.05) is 25.9 Å². The lowest BCUT2D eigenvalue weighted by Crippen LogP contribution is -2.62. The molecule has 1 aliphatic heterocycles. The summed E-state index contributed by atoms with van der Waals surface area (Å²) in [7, 11) is 0. The van der Waals surface area contributed by atoms with Crippen molar-refractivity contribution in [2.45, 2.75) is 193 Å². The highest BCUT2D eigenvalue weighted by Gasteiger charge is 2.40. The number of phenols is 1. The second-order valence-electron chi connectivity index (χ2n) is 24.0. The van der Waals surface area contributed by atoms with E-state index in [1.54, 1.807) is 55.4 Å². The number of aromatic hydroxyl groups is 1. The van der Waals surface area contributed by atoms with Crippen molar-refractivity contribution in [3.8, 4) is 5.75 Å². The molecule has 0 aliphatic carbocycles. The van der Waals surface area contributed by atoms with Gasteiger partial charge in [-0.15, -0.1) is 0 Å². The predicted octanol–water partition coefficient (Wildman–Crippen LogP) is -4.97. The topological polar surface area (TPSA) is 560 Å². The minimum atomic E-state index is -1.68. The van der Waals surface area contributed by atoms with Crippen LogP contribution in [-0.2, 0) is 73.5 Å². The molecule has 34 heteroatoms. The first kappa shape index (κ1) is 79.9. The summed E-state index contributed by atoms with van der Waals surface area (Å²) in [6, 6.07) is -9.95. The van der Waals surface area contributed by atoms with Gasteiger partial charge in [-0.25, -0.2) is 4.79 Å². The number of primary amides is 1. The van der Waals surface area contributed by atoms with E-state index in [9.17, 15) is 87.5 Å². The smallest absolute Gasteiger partial charge is 0.326 e. The lowest BCUT2D eigenvalue weighted by Gasteiger charge is -2.31. The highest BCUT2D eigenvalue weighted by Crippen LogP contribution is 2.20. The van der Waals surface area contributed by atoms with Crippen molar-refractivity contribution in [3.63, 3.8) is 0 Å².